The predicted molar refractivity (Wildman–Crippen MR) is 56.3 cm³/mol. The summed E-state index contributed by atoms with van der Waals surface area (Å²) in [5.41, 5.74) is 0. The van der Waals surface area contributed by atoms with E-state index in [0.29, 0.717) is 6.04 Å². The Morgan fingerprint density at radius 1 is 1.07 bits per heavy atom. The fraction of sp³-hybridized carbons (Fsp3) is 1.00. The van der Waals surface area contributed by atoms with Crippen molar-refractivity contribution in [3.63, 3.8) is 0 Å². The lowest BCUT2D eigenvalue weighted by molar-refractivity contribution is 0.0735. The van der Waals surface area contributed by atoms with Gasteiger partial charge in [-0.2, -0.15) is 0 Å². The molecule has 0 aliphatic heterocycles. The molecule has 0 radical (unpaired) electrons. The first-order valence-electron chi connectivity index (χ1n) is 4.50. The van der Waals surface area contributed by atoms with E-state index in [2.05, 4.69) is 5.32 Å². The van der Waals surface area contributed by atoms with Crippen LogP contribution in [0.3, 0.4) is 0 Å². The Kier molecular flexibility index (Phi) is 7.34. The van der Waals surface area contributed by atoms with Crippen LogP contribution in [0.15, 0.2) is 0 Å². The molecule has 6 heteroatoms. The second-order valence-electron chi connectivity index (χ2n) is 2.91. The first-order chi connectivity index (χ1) is 6.67. The lowest BCUT2D eigenvalue weighted by Crippen LogP contribution is -2.47. The van der Waals surface area contributed by atoms with E-state index in [1.54, 1.807) is 28.4 Å². The fourth-order valence-corrected chi connectivity index (χ4v) is 3.11. The van der Waals surface area contributed by atoms with Crippen LogP contribution < -0.4 is 5.32 Å². The van der Waals surface area contributed by atoms with Gasteiger partial charge in [0.1, 0.15) is 0 Å². The van der Waals surface area contributed by atoms with Crippen LogP contribution in [0.4, 0.5) is 0 Å². The molecule has 0 bridgehead atoms. The zero-order valence-corrected chi connectivity index (χ0v) is 10.6. The molecule has 86 valence electrons. The van der Waals surface area contributed by atoms with Gasteiger partial charge in [-0.3, -0.25) is 0 Å². The van der Waals surface area contributed by atoms with Crippen molar-refractivity contribution in [3.05, 3.63) is 0 Å². The van der Waals surface area contributed by atoms with E-state index < -0.39 is 8.80 Å². The van der Waals surface area contributed by atoms with Crippen LogP contribution in [0.25, 0.3) is 0 Å². The van der Waals surface area contributed by atoms with Crippen LogP contribution in [0.2, 0.25) is 6.04 Å². The minimum Gasteiger partial charge on any atom is -0.380 e. The van der Waals surface area contributed by atoms with Gasteiger partial charge in [-0.15, -0.1) is 0 Å². The molecule has 0 aromatic rings. The van der Waals surface area contributed by atoms with Crippen LogP contribution in [0, 0.1) is 0 Å². The summed E-state index contributed by atoms with van der Waals surface area (Å²) < 4.78 is 21.2. The first kappa shape index (κ1) is 14.0. The zero-order valence-electron chi connectivity index (χ0n) is 9.62. The molecule has 0 amide bonds. The van der Waals surface area contributed by atoms with E-state index in [4.69, 9.17) is 18.0 Å². The zero-order chi connectivity index (χ0) is 11.0. The maximum Gasteiger partial charge on any atom is 0.502 e. The molecule has 14 heavy (non-hydrogen) atoms. The second kappa shape index (κ2) is 7.33. The molecule has 1 unspecified atom stereocenters. The van der Waals surface area contributed by atoms with E-state index in [-0.39, 0.29) is 6.10 Å². The Hall–Kier alpha value is 0.0169. The summed E-state index contributed by atoms with van der Waals surface area (Å²) in [7, 11) is 5.85. The average Bonchev–Trinajstić information content (AvgIpc) is 2.25. The highest BCUT2D eigenvalue weighted by Gasteiger charge is 2.40. The molecular formula is C8H21NO4Si. The van der Waals surface area contributed by atoms with E-state index in [9.17, 15) is 0 Å². The summed E-state index contributed by atoms with van der Waals surface area (Å²) in [4.78, 5) is 0. The van der Waals surface area contributed by atoms with E-state index in [1.165, 1.54) is 0 Å². The summed E-state index contributed by atoms with van der Waals surface area (Å²) in [6.07, 6.45) is 0.0477. The molecule has 0 saturated heterocycles. The molecule has 0 rings (SSSR count). The number of likely N-dealkylation sites (N-methyl/N-ethyl adjacent to an activating group) is 1. The highest BCUT2D eigenvalue weighted by molar-refractivity contribution is 6.60. The first-order valence-corrected chi connectivity index (χ1v) is 6.44. The van der Waals surface area contributed by atoms with Crippen LogP contribution in [0.5, 0.6) is 0 Å². The largest absolute Gasteiger partial charge is 0.502 e. The summed E-state index contributed by atoms with van der Waals surface area (Å²) in [5, 5.41) is 3.04. The molecule has 0 saturated carbocycles. The average molecular weight is 223 g/mol. The molecule has 0 aromatic carbocycles. The lowest BCUT2D eigenvalue weighted by atomic mass is 10.4. The van der Waals surface area contributed by atoms with Crippen molar-refractivity contribution >= 4 is 8.80 Å². The second-order valence-corrected chi connectivity index (χ2v) is 5.91. The molecule has 0 spiro atoms. The predicted octanol–water partition coefficient (Wildman–Crippen LogP) is 0.0989. The molecule has 0 aliphatic carbocycles. The maximum absolute atomic E-state index is 5.30. The minimum atomic E-state index is -2.50. The number of rotatable bonds is 8. The highest BCUT2D eigenvalue weighted by Crippen LogP contribution is 2.16. The van der Waals surface area contributed by atoms with E-state index in [1.807, 2.05) is 7.05 Å². The van der Waals surface area contributed by atoms with Crippen molar-refractivity contribution in [3.8, 4) is 0 Å². The summed E-state index contributed by atoms with van der Waals surface area (Å²) in [6.45, 7) is 0.751. The molecular weight excluding hydrogens is 202 g/mol. The number of hydrogen-bond acceptors (Lipinski definition) is 5. The van der Waals surface area contributed by atoms with Gasteiger partial charge in [-0.25, -0.2) is 0 Å². The van der Waals surface area contributed by atoms with Gasteiger partial charge >= 0.3 is 8.80 Å². The summed E-state index contributed by atoms with van der Waals surface area (Å²) >= 11 is 0. The topological polar surface area (TPSA) is 49.0 Å². The van der Waals surface area contributed by atoms with Gasteiger partial charge in [0.2, 0.25) is 0 Å². The third-order valence-electron chi connectivity index (χ3n) is 2.18. The Labute approximate surface area is 87.0 Å². The van der Waals surface area contributed by atoms with E-state index in [0.717, 1.165) is 6.54 Å². The van der Waals surface area contributed by atoms with Gasteiger partial charge in [0, 0.05) is 41.0 Å². The van der Waals surface area contributed by atoms with Crippen molar-refractivity contribution in [1.29, 1.82) is 0 Å². The van der Waals surface area contributed by atoms with Crippen LogP contribution in [-0.2, 0) is 18.0 Å². The Bertz CT molecular complexity index is 135. The normalized spacial score (nSPS) is 14.4. The molecule has 0 heterocycles. The third-order valence-corrected chi connectivity index (χ3v) is 5.00. The molecule has 1 atom stereocenters. The highest BCUT2D eigenvalue weighted by atomic mass is 28.4. The van der Waals surface area contributed by atoms with Gasteiger partial charge in [0.25, 0.3) is 0 Å². The molecule has 0 aliphatic rings. The van der Waals surface area contributed by atoms with Gasteiger partial charge in [0.15, 0.2) is 0 Å². The monoisotopic (exact) mass is 223 g/mol. The van der Waals surface area contributed by atoms with E-state index >= 15 is 0 Å². The number of methoxy groups -OCH3 is 1. The van der Waals surface area contributed by atoms with Crippen molar-refractivity contribution in [2.75, 3.05) is 42.0 Å². The van der Waals surface area contributed by atoms with Crippen molar-refractivity contribution in [1.82, 2.24) is 5.32 Å². The Balaban J connectivity index is 4.24. The maximum atomic E-state index is 5.30. The van der Waals surface area contributed by atoms with Crippen LogP contribution >= 0.6 is 0 Å². The third kappa shape index (κ3) is 4.03. The summed E-state index contributed by atoms with van der Waals surface area (Å²) in [6, 6.07) is 0.647. The minimum absolute atomic E-state index is 0.0477. The number of nitrogens with one attached hydrogen (secondary N) is 1. The molecule has 1 N–H and O–H groups in total. The van der Waals surface area contributed by atoms with Crippen LogP contribution in [0.1, 0.15) is 0 Å². The van der Waals surface area contributed by atoms with Gasteiger partial charge in [0.05, 0.1) is 6.10 Å². The molecule has 0 aromatic heterocycles. The Morgan fingerprint density at radius 3 is 1.86 bits per heavy atom. The van der Waals surface area contributed by atoms with Gasteiger partial charge < -0.3 is 23.3 Å². The van der Waals surface area contributed by atoms with Crippen LogP contribution in [-0.4, -0.2) is 56.9 Å². The Morgan fingerprint density at radius 2 is 1.57 bits per heavy atom. The number of ether oxygens (including phenoxy) is 1. The number of hydrogen-bond donors (Lipinski definition) is 1. The molecule has 0 fully saturated rings. The van der Waals surface area contributed by atoms with Crippen molar-refractivity contribution in [2.24, 2.45) is 0 Å². The lowest BCUT2D eigenvalue weighted by Gasteiger charge is -2.27. The fourth-order valence-electron chi connectivity index (χ4n) is 1.25. The quantitative estimate of drug-likeness (QED) is 0.591. The summed E-state index contributed by atoms with van der Waals surface area (Å²) in [5.74, 6) is 0. The van der Waals surface area contributed by atoms with Crippen molar-refractivity contribution in [2.45, 2.75) is 12.1 Å². The van der Waals surface area contributed by atoms with Crippen molar-refractivity contribution < 1.29 is 18.0 Å². The molecule has 5 nitrogen and oxygen atoms in total. The smallest absolute Gasteiger partial charge is 0.380 e. The van der Waals surface area contributed by atoms with Gasteiger partial charge in [-0.05, 0) is 7.05 Å². The SMILES string of the molecule is CNCC(C[Si](OC)(OC)OC)OC. The standard InChI is InChI=1S/C8H21NO4Si/c1-9-6-8(10-2)7-14(11-3,12-4)13-5/h8-9H,6-7H2,1-5H3. The van der Waals surface area contributed by atoms with Gasteiger partial charge in [-0.1, -0.05) is 0 Å².